The molecule has 2 aromatic rings. The Labute approximate surface area is 146 Å². The third-order valence-corrected chi connectivity index (χ3v) is 2.91. The number of carbonyl (C=O) groups is 1. The summed E-state index contributed by atoms with van der Waals surface area (Å²) in [5.41, 5.74) is 2.50. The Morgan fingerprint density at radius 2 is 1.48 bits per heavy atom. The molecule has 0 aliphatic carbocycles. The molecule has 0 fully saturated rings. The highest BCUT2D eigenvalue weighted by Crippen LogP contribution is 2.21. The summed E-state index contributed by atoms with van der Waals surface area (Å²) in [6.45, 7) is 7.95. The molecule has 0 saturated heterocycles. The number of aromatic nitrogens is 3. The van der Waals surface area contributed by atoms with Crippen molar-refractivity contribution in [3.63, 3.8) is 0 Å². The predicted octanol–water partition coefficient (Wildman–Crippen LogP) is 1.91. The van der Waals surface area contributed by atoms with Crippen molar-refractivity contribution in [2.75, 3.05) is 10.6 Å². The Hall–Kier alpha value is -2.94. The summed E-state index contributed by atoms with van der Waals surface area (Å²) in [5.74, 6) is 6.06. The summed E-state index contributed by atoms with van der Waals surface area (Å²) in [6.07, 6.45) is 0. The van der Waals surface area contributed by atoms with Crippen LogP contribution in [-0.2, 0) is 0 Å². The van der Waals surface area contributed by atoms with Gasteiger partial charge in [0.1, 0.15) is 5.75 Å². The van der Waals surface area contributed by atoms with Crippen molar-refractivity contribution in [3.8, 4) is 11.8 Å². The van der Waals surface area contributed by atoms with E-state index in [1.807, 2.05) is 27.7 Å². The van der Waals surface area contributed by atoms with Crippen molar-refractivity contribution >= 4 is 17.8 Å². The van der Waals surface area contributed by atoms with Crippen LogP contribution in [0.5, 0.6) is 11.8 Å². The molecule has 1 aromatic heterocycles. The smallest absolute Gasteiger partial charge is 0.328 e. The molecule has 9 heteroatoms. The van der Waals surface area contributed by atoms with Gasteiger partial charge in [-0.05, 0) is 52.0 Å². The molecule has 134 valence electrons. The van der Waals surface area contributed by atoms with E-state index in [4.69, 9.17) is 10.6 Å². The first-order valence-electron chi connectivity index (χ1n) is 7.95. The van der Waals surface area contributed by atoms with Crippen LogP contribution in [0.2, 0.25) is 0 Å². The number of rotatable bonds is 7. The second kappa shape index (κ2) is 8.25. The van der Waals surface area contributed by atoms with E-state index in [2.05, 4.69) is 31.0 Å². The van der Waals surface area contributed by atoms with Crippen molar-refractivity contribution < 1.29 is 9.53 Å². The van der Waals surface area contributed by atoms with Gasteiger partial charge in [-0.15, -0.1) is 0 Å². The van der Waals surface area contributed by atoms with Gasteiger partial charge in [0, 0.05) is 17.6 Å². The molecule has 0 bridgehead atoms. The predicted molar refractivity (Wildman–Crippen MR) is 95.5 cm³/mol. The Bertz CT molecular complexity index is 689. The van der Waals surface area contributed by atoms with E-state index in [1.165, 1.54) is 0 Å². The number of hydrogen-bond acceptors (Lipinski definition) is 8. The van der Waals surface area contributed by atoms with Crippen LogP contribution in [0, 0.1) is 0 Å². The van der Waals surface area contributed by atoms with Gasteiger partial charge < -0.3 is 15.4 Å². The first-order valence-corrected chi connectivity index (χ1v) is 7.95. The van der Waals surface area contributed by atoms with E-state index in [0.717, 1.165) is 0 Å². The Morgan fingerprint density at radius 3 is 1.92 bits per heavy atom. The Morgan fingerprint density at radius 1 is 0.960 bits per heavy atom. The summed E-state index contributed by atoms with van der Waals surface area (Å²) < 4.78 is 5.69. The van der Waals surface area contributed by atoms with Gasteiger partial charge in [0.2, 0.25) is 11.9 Å². The minimum absolute atomic E-state index is 0.150. The molecular weight excluding hydrogens is 322 g/mol. The Kier molecular flexibility index (Phi) is 6.07. The second-order valence-electron chi connectivity index (χ2n) is 5.96. The van der Waals surface area contributed by atoms with Crippen molar-refractivity contribution in [2.24, 2.45) is 5.84 Å². The number of nitrogens with one attached hydrogen (secondary N) is 3. The molecule has 9 nitrogen and oxygen atoms in total. The van der Waals surface area contributed by atoms with Gasteiger partial charge >= 0.3 is 6.01 Å². The standard InChI is InChI=1S/C16H23N7O2/c1-9(2)18-14-20-15(19-10(3)4)22-16(21-14)25-12-7-5-11(6-8-12)13(24)23-17/h5-10H,17H2,1-4H3,(H,23,24)(H2,18,19,20,21,22). The molecule has 0 saturated carbocycles. The maximum atomic E-state index is 11.5. The number of ether oxygens (including phenoxy) is 1. The van der Waals surface area contributed by atoms with Gasteiger partial charge in [-0.1, -0.05) is 0 Å². The summed E-state index contributed by atoms with van der Waals surface area (Å²) in [4.78, 5) is 24.3. The van der Waals surface area contributed by atoms with Gasteiger partial charge in [-0.2, -0.15) is 15.0 Å². The molecule has 1 amide bonds. The number of nitrogen functional groups attached to an aromatic ring is 1. The molecule has 0 radical (unpaired) electrons. The van der Waals surface area contributed by atoms with E-state index in [9.17, 15) is 4.79 Å². The summed E-state index contributed by atoms with van der Waals surface area (Å²) in [7, 11) is 0. The molecule has 25 heavy (non-hydrogen) atoms. The monoisotopic (exact) mass is 345 g/mol. The highest BCUT2D eigenvalue weighted by Gasteiger charge is 2.11. The normalized spacial score (nSPS) is 10.7. The topological polar surface area (TPSA) is 127 Å². The van der Waals surface area contributed by atoms with Crippen LogP contribution in [-0.4, -0.2) is 32.9 Å². The van der Waals surface area contributed by atoms with E-state index in [0.29, 0.717) is 23.2 Å². The highest BCUT2D eigenvalue weighted by atomic mass is 16.5. The molecule has 5 N–H and O–H groups in total. The van der Waals surface area contributed by atoms with Gasteiger partial charge in [0.05, 0.1) is 0 Å². The molecule has 1 aromatic carbocycles. The fourth-order valence-electron chi connectivity index (χ4n) is 1.91. The molecule has 0 aliphatic heterocycles. The number of anilines is 2. The number of hydrazine groups is 1. The highest BCUT2D eigenvalue weighted by molar-refractivity contribution is 5.93. The average molecular weight is 345 g/mol. The van der Waals surface area contributed by atoms with Crippen LogP contribution >= 0.6 is 0 Å². The van der Waals surface area contributed by atoms with Gasteiger partial charge in [-0.25, -0.2) is 5.84 Å². The van der Waals surface area contributed by atoms with Crippen LogP contribution in [0.4, 0.5) is 11.9 Å². The summed E-state index contributed by atoms with van der Waals surface area (Å²) in [6, 6.07) is 6.95. The summed E-state index contributed by atoms with van der Waals surface area (Å²) in [5, 5.41) is 6.25. The fraction of sp³-hybridized carbons (Fsp3) is 0.375. The van der Waals surface area contributed by atoms with Crippen molar-refractivity contribution in [1.82, 2.24) is 20.4 Å². The van der Waals surface area contributed by atoms with E-state index in [1.54, 1.807) is 24.3 Å². The number of carbonyl (C=O) groups excluding carboxylic acids is 1. The van der Waals surface area contributed by atoms with Crippen LogP contribution < -0.4 is 26.6 Å². The minimum Gasteiger partial charge on any atom is -0.424 e. The molecule has 0 unspecified atom stereocenters. The molecule has 0 aliphatic rings. The number of nitrogens with zero attached hydrogens (tertiary/aromatic N) is 3. The first kappa shape index (κ1) is 18.4. The van der Waals surface area contributed by atoms with Crippen molar-refractivity contribution in [3.05, 3.63) is 29.8 Å². The fourth-order valence-corrected chi connectivity index (χ4v) is 1.91. The molecular formula is C16H23N7O2. The number of nitrogens with two attached hydrogens (primary N) is 1. The van der Waals surface area contributed by atoms with Crippen molar-refractivity contribution in [2.45, 2.75) is 39.8 Å². The molecule has 2 rings (SSSR count). The Balaban J connectivity index is 2.23. The van der Waals surface area contributed by atoms with Crippen LogP contribution in [0.25, 0.3) is 0 Å². The largest absolute Gasteiger partial charge is 0.424 e. The number of hydrogen-bond donors (Lipinski definition) is 4. The lowest BCUT2D eigenvalue weighted by Crippen LogP contribution is -2.29. The molecule has 0 atom stereocenters. The maximum Gasteiger partial charge on any atom is 0.328 e. The van der Waals surface area contributed by atoms with E-state index < -0.39 is 0 Å². The van der Waals surface area contributed by atoms with Crippen LogP contribution in [0.15, 0.2) is 24.3 Å². The maximum absolute atomic E-state index is 11.5. The zero-order chi connectivity index (χ0) is 18.4. The number of benzene rings is 1. The van der Waals surface area contributed by atoms with Crippen LogP contribution in [0.3, 0.4) is 0 Å². The molecule has 1 heterocycles. The zero-order valence-corrected chi connectivity index (χ0v) is 14.7. The lowest BCUT2D eigenvalue weighted by atomic mass is 10.2. The average Bonchev–Trinajstić information content (AvgIpc) is 2.53. The lowest BCUT2D eigenvalue weighted by molar-refractivity contribution is 0.0953. The third-order valence-electron chi connectivity index (χ3n) is 2.91. The summed E-state index contributed by atoms with van der Waals surface area (Å²) >= 11 is 0. The van der Waals surface area contributed by atoms with Gasteiger partial charge in [-0.3, -0.25) is 10.2 Å². The van der Waals surface area contributed by atoms with Crippen molar-refractivity contribution in [1.29, 1.82) is 0 Å². The minimum atomic E-state index is -0.376. The quantitative estimate of drug-likeness (QED) is 0.340. The van der Waals surface area contributed by atoms with Gasteiger partial charge in [0.15, 0.2) is 0 Å². The third kappa shape index (κ3) is 5.57. The second-order valence-corrected chi connectivity index (χ2v) is 5.96. The van der Waals surface area contributed by atoms with Crippen LogP contribution in [0.1, 0.15) is 38.1 Å². The van der Waals surface area contributed by atoms with Gasteiger partial charge in [0.25, 0.3) is 5.91 Å². The molecule has 0 spiro atoms. The van der Waals surface area contributed by atoms with E-state index in [-0.39, 0.29) is 24.0 Å². The van der Waals surface area contributed by atoms with E-state index >= 15 is 0 Å². The number of amides is 1. The zero-order valence-electron chi connectivity index (χ0n) is 14.7. The first-order chi connectivity index (χ1) is 11.9. The lowest BCUT2D eigenvalue weighted by Gasteiger charge is -2.13. The SMILES string of the molecule is CC(C)Nc1nc(NC(C)C)nc(Oc2ccc(C(=O)NN)cc2)n1.